The lowest BCUT2D eigenvalue weighted by Gasteiger charge is -2.27. The first-order valence-electron chi connectivity index (χ1n) is 10.6. The summed E-state index contributed by atoms with van der Waals surface area (Å²) < 4.78 is 0. The lowest BCUT2D eigenvalue weighted by molar-refractivity contribution is -0.142. The number of carboxylic acids is 2. The van der Waals surface area contributed by atoms with E-state index in [-0.39, 0.29) is 31.8 Å². The number of aliphatic hydroxyl groups is 1. The first-order valence-corrected chi connectivity index (χ1v) is 10.6. The fourth-order valence-corrected chi connectivity index (χ4v) is 2.71. The van der Waals surface area contributed by atoms with Crippen LogP contribution < -0.4 is 33.2 Å². The van der Waals surface area contributed by atoms with Gasteiger partial charge in [0.1, 0.15) is 24.2 Å². The van der Waals surface area contributed by atoms with Gasteiger partial charge in [-0.1, -0.05) is 13.8 Å². The van der Waals surface area contributed by atoms with E-state index in [2.05, 4.69) is 20.9 Å². The number of hydrogen-bond acceptors (Lipinski definition) is 8. The van der Waals surface area contributed by atoms with Crippen molar-refractivity contribution in [2.75, 3.05) is 13.2 Å². The number of carbonyl (C=O) groups excluding carboxylic acids is 3. The van der Waals surface area contributed by atoms with Crippen LogP contribution >= 0.6 is 0 Å². The zero-order valence-electron chi connectivity index (χ0n) is 19.2. The second-order valence-electron chi connectivity index (χ2n) is 7.86. The van der Waals surface area contributed by atoms with Gasteiger partial charge in [-0.25, -0.2) is 4.79 Å². The van der Waals surface area contributed by atoms with E-state index < -0.39 is 72.8 Å². The topological polar surface area (TPSA) is 273 Å². The summed E-state index contributed by atoms with van der Waals surface area (Å²) in [5.41, 5.74) is 15.8. The van der Waals surface area contributed by atoms with Gasteiger partial charge in [0, 0.05) is 13.0 Å². The number of hydrogen-bond donors (Lipinski definition) is 9. The quantitative estimate of drug-likeness (QED) is 0.0580. The van der Waals surface area contributed by atoms with Gasteiger partial charge in [0.05, 0.1) is 6.61 Å². The summed E-state index contributed by atoms with van der Waals surface area (Å²) in [7, 11) is 0. The molecule has 15 heteroatoms. The SMILES string of the molecule is CC(C)C(NC(=O)C(CCC(=O)O)NC(=O)C(N)CO)C(=O)NC(CCCN=C(N)N)C(=O)O. The Morgan fingerprint density at radius 2 is 1.47 bits per heavy atom. The summed E-state index contributed by atoms with van der Waals surface area (Å²) in [4.78, 5) is 63.7. The molecule has 0 rings (SSSR count). The number of nitrogens with one attached hydrogen (secondary N) is 3. The van der Waals surface area contributed by atoms with Gasteiger partial charge in [-0.15, -0.1) is 0 Å². The Labute approximate surface area is 196 Å². The minimum Gasteiger partial charge on any atom is -0.481 e. The average molecular weight is 490 g/mol. The highest BCUT2D eigenvalue weighted by Crippen LogP contribution is 2.07. The Kier molecular flexibility index (Phi) is 13.8. The molecule has 0 aliphatic heterocycles. The third kappa shape index (κ3) is 12.0. The van der Waals surface area contributed by atoms with Crippen LogP contribution in [0.1, 0.15) is 39.5 Å². The molecular weight excluding hydrogens is 454 g/mol. The fourth-order valence-electron chi connectivity index (χ4n) is 2.71. The van der Waals surface area contributed by atoms with E-state index in [1.807, 2.05) is 0 Å². The summed E-state index contributed by atoms with van der Waals surface area (Å²) in [6, 6.07) is -5.16. The number of amides is 3. The van der Waals surface area contributed by atoms with Gasteiger partial charge in [-0.2, -0.15) is 0 Å². The van der Waals surface area contributed by atoms with Crippen molar-refractivity contribution in [2.45, 2.75) is 63.7 Å². The molecule has 3 amide bonds. The Bertz CT molecular complexity index is 755. The monoisotopic (exact) mass is 489 g/mol. The fraction of sp³-hybridized carbons (Fsp3) is 0.684. The molecule has 194 valence electrons. The number of rotatable bonds is 16. The lowest BCUT2D eigenvalue weighted by atomic mass is 10.0. The molecule has 0 aromatic carbocycles. The van der Waals surface area contributed by atoms with Gasteiger partial charge in [-0.3, -0.25) is 24.2 Å². The van der Waals surface area contributed by atoms with E-state index in [9.17, 15) is 29.1 Å². The van der Waals surface area contributed by atoms with Crippen LogP contribution in [0.3, 0.4) is 0 Å². The summed E-state index contributed by atoms with van der Waals surface area (Å²) in [5, 5.41) is 34.3. The van der Waals surface area contributed by atoms with Gasteiger partial charge >= 0.3 is 11.9 Å². The highest BCUT2D eigenvalue weighted by atomic mass is 16.4. The van der Waals surface area contributed by atoms with Gasteiger partial charge in [0.15, 0.2) is 5.96 Å². The summed E-state index contributed by atoms with van der Waals surface area (Å²) in [6.07, 6.45) is -0.489. The molecule has 0 saturated carbocycles. The van der Waals surface area contributed by atoms with Crippen LogP contribution in [-0.2, 0) is 24.0 Å². The van der Waals surface area contributed by atoms with Crippen LogP contribution in [0.25, 0.3) is 0 Å². The predicted octanol–water partition coefficient (Wildman–Crippen LogP) is -3.58. The molecule has 4 atom stereocenters. The summed E-state index contributed by atoms with van der Waals surface area (Å²) >= 11 is 0. The molecule has 0 aliphatic rings. The normalized spacial score (nSPS) is 14.3. The summed E-state index contributed by atoms with van der Waals surface area (Å²) in [6.45, 7) is 2.67. The molecule has 0 spiro atoms. The number of carboxylic acid groups (broad SMARTS) is 2. The van der Waals surface area contributed by atoms with Crippen molar-refractivity contribution < 1.29 is 39.3 Å². The van der Waals surface area contributed by atoms with Crippen LogP contribution in [0.15, 0.2) is 4.99 Å². The number of carbonyl (C=O) groups is 5. The molecule has 0 bridgehead atoms. The molecule has 0 aromatic rings. The van der Waals surface area contributed by atoms with Crippen molar-refractivity contribution in [3.63, 3.8) is 0 Å². The lowest BCUT2D eigenvalue weighted by Crippen LogP contribution is -2.58. The van der Waals surface area contributed by atoms with E-state index in [0.717, 1.165) is 0 Å². The third-order valence-corrected chi connectivity index (χ3v) is 4.62. The number of aliphatic imine (C=N–C) groups is 1. The number of aliphatic carboxylic acids is 2. The van der Waals surface area contributed by atoms with Crippen molar-refractivity contribution in [1.29, 1.82) is 0 Å². The van der Waals surface area contributed by atoms with E-state index in [0.29, 0.717) is 0 Å². The maximum atomic E-state index is 12.8. The van der Waals surface area contributed by atoms with E-state index in [4.69, 9.17) is 27.4 Å². The molecule has 0 radical (unpaired) electrons. The Morgan fingerprint density at radius 3 is 1.94 bits per heavy atom. The van der Waals surface area contributed by atoms with Gasteiger partial charge in [-0.05, 0) is 25.2 Å². The van der Waals surface area contributed by atoms with Gasteiger partial charge in [0.25, 0.3) is 0 Å². The number of nitrogens with two attached hydrogens (primary N) is 3. The minimum atomic E-state index is -1.36. The molecular formula is C19H35N7O8. The van der Waals surface area contributed by atoms with Crippen molar-refractivity contribution in [3.8, 4) is 0 Å². The van der Waals surface area contributed by atoms with Crippen LogP contribution in [0.4, 0.5) is 0 Å². The molecule has 0 saturated heterocycles. The average Bonchev–Trinajstić information content (AvgIpc) is 2.74. The number of nitrogens with zero attached hydrogens (tertiary/aromatic N) is 1. The number of guanidine groups is 1. The zero-order valence-corrected chi connectivity index (χ0v) is 19.2. The molecule has 0 aliphatic carbocycles. The first-order chi connectivity index (χ1) is 15.8. The van der Waals surface area contributed by atoms with E-state index >= 15 is 0 Å². The zero-order chi connectivity index (χ0) is 26.4. The maximum Gasteiger partial charge on any atom is 0.326 e. The van der Waals surface area contributed by atoms with Crippen LogP contribution in [-0.4, -0.2) is 88.3 Å². The molecule has 15 nitrogen and oxygen atoms in total. The minimum absolute atomic E-state index is 0.0208. The highest BCUT2D eigenvalue weighted by molar-refractivity contribution is 5.94. The molecule has 0 fully saturated rings. The second kappa shape index (κ2) is 15.4. The summed E-state index contributed by atoms with van der Waals surface area (Å²) in [5.74, 6) is -5.69. The van der Waals surface area contributed by atoms with Crippen molar-refractivity contribution in [1.82, 2.24) is 16.0 Å². The molecule has 0 aromatic heterocycles. The molecule has 12 N–H and O–H groups in total. The Morgan fingerprint density at radius 1 is 0.882 bits per heavy atom. The molecule has 34 heavy (non-hydrogen) atoms. The smallest absolute Gasteiger partial charge is 0.326 e. The Hall–Kier alpha value is -3.46. The van der Waals surface area contributed by atoms with Gasteiger partial charge < -0.3 is 48.5 Å². The maximum absolute atomic E-state index is 12.8. The van der Waals surface area contributed by atoms with Crippen molar-refractivity contribution >= 4 is 35.6 Å². The first kappa shape index (κ1) is 30.5. The number of aliphatic hydroxyl groups excluding tert-OH is 1. The van der Waals surface area contributed by atoms with Crippen molar-refractivity contribution in [2.24, 2.45) is 28.1 Å². The molecule has 4 unspecified atom stereocenters. The largest absolute Gasteiger partial charge is 0.481 e. The van der Waals surface area contributed by atoms with Crippen LogP contribution in [0, 0.1) is 5.92 Å². The standard InChI is InChI=1S/C19H35N7O8/c1-9(2)14(17(32)25-12(18(33)34)4-3-7-23-19(21)22)26-16(31)11(5-6-13(28)29)24-15(30)10(20)8-27/h9-12,14,27H,3-8,20H2,1-2H3,(H,24,30)(H,25,32)(H,26,31)(H,28,29)(H,33,34)(H4,21,22,23). The van der Waals surface area contributed by atoms with Crippen molar-refractivity contribution in [3.05, 3.63) is 0 Å². The highest BCUT2D eigenvalue weighted by Gasteiger charge is 2.32. The van der Waals surface area contributed by atoms with Crippen LogP contribution in [0.5, 0.6) is 0 Å². The Balaban J connectivity index is 5.37. The van der Waals surface area contributed by atoms with E-state index in [1.165, 1.54) is 0 Å². The predicted molar refractivity (Wildman–Crippen MR) is 120 cm³/mol. The molecule has 0 heterocycles. The van der Waals surface area contributed by atoms with E-state index in [1.54, 1.807) is 13.8 Å². The van der Waals surface area contributed by atoms with Gasteiger partial charge in [0.2, 0.25) is 17.7 Å². The van der Waals surface area contributed by atoms with Crippen LogP contribution in [0.2, 0.25) is 0 Å². The third-order valence-electron chi connectivity index (χ3n) is 4.62. The second-order valence-corrected chi connectivity index (χ2v) is 7.86.